The Bertz CT molecular complexity index is 427. The molecule has 76 valence electrons. The number of anilines is 1. The molecule has 1 aliphatic carbocycles. The normalized spacial score (nSPS) is 24.3. The molecule has 1 aliphatic heterocycles. The van der Waals surface area contributed by atoms with E-state index >= 15 is 0 Å². The van der Waals surface area contributed by atoms with Gasteiger partial charge in [-0.2, -0.15) is 5.10 Å². The molecule has 0 aromatic carbocycles. The molecule has 1 saturated carbocycles. The summed E-state index contributed by atoms with van der Waals surface area (Å²) in [5.74, 6) is 0.173. The van der Waals surface area contributed by atoms with Crippen molar-refractivity contribution < 1.29 is 4.79 Å². The van der Waals surface area contributed by atoms with Crippen molar-refractivity contribution in [1.29, 1.82) is 0 Å². The molecule has 0 bridgehead atoms. The van der Waals surface area contributed by atoms with E-state index in [1.807, 2.05) is 12.1 Å². The van der Waals surface area contributed by atoms with Gasteiger partial charge in [-0.15, -0.1) is 0 Å². The second-order valence-corrected chi connectivity index (χ2v) is 3.89. The molecule has 0 N–H and O–H groups in total. The second-order valence-electron chi connectivity index (χ2n) is 3.89. The zero-order chi connectivity index (χ0) is 10.3. The summed E-state index contributed by atoms with van der Waals surface area (Å²) in [5.41, 5.74) is 1.87. The van der Waals surface area contributed by atoms with Crippen LogP contribution in [-0.2, 0) is 4.79 Å². The lowest BCUT2D eigenvalue weighted by molar-refractivity contribution is -0.119. The van der Waals surface area contributed by atoms with Gasteiger partial charge in [0.1, 0.15) is 0 Å². The largest absolute Gasteiger partial charge is 0.272 e. The molecule has 1 aromatic rings. The van der Waals surface area contributed by atoms with Gasteiger partial charge in [-0.1, -0.05) is 0 Å². The van der Waals surface area contributed by atoms with Crippen LogP contribution in [0.4, 0.5) is 5.69 Å². The monoisotopic (exact) mass is 201 g/mol. The van der Waals surface area contributed by atoms with Crippen LogP contribution in [0.15, 0.2) is 29.6 Å². The van der Waals surface area contributed by atoms with Crippen molar-refractivity contribution in [2.24, 2.45) is 11.0 Å². The lowest BCUT2D eigenvalue weighted by Gasteiger charge is -2.12. The molecule has 0 radical (unpaired) electrons. The number of amides is 1. The highest BCUT2D eigenvalue weighted by molar-refractivity contribution is 6.16. The maximum atomic E-state index is 12.0. The van der Waals surface area contributed by atoms with Crippen LogP contribution in [0.25, 0.3) is 0 Å². The summed E-state index contributed by atoms with van der Waals surface area (Å²) in [6, 6.07) is 3.62. The number of rotatable bonds is 1. The van der Waals surface area contributed by atoms with Gasteiger partial charge in [0.15, 0.2) is 0 Å². The number of aromatic nitrogens is 1. The molecular formula is C11H11N3O. The summed E-state index contributed by atoms with van der Waals surface area (Å²) < 4.78 is 0. The number of pyridine rings is 1. The van der Waals surface area contributed by atoms with Crippen LogP contribution in [-0.4, -0.2) is 16.6 Å². The van der Waals surface area contributed by atoms with Gasteiger partial charge in [-0.25, -0.2) is 5.01 Å². The van der Waals surface area contributed by atoms with Gasteiger partial charge in [-0.05, 0) is 31.4 Å². The van der Waals surface area contributed by atoms with Crippen molar-refractivity contribution >= 4 is 17.3 Å². The van der Waals surface area contributed by atoms with Crippen molar-refractivity contribution in [2.45, 2.75) is 19.3 Å². The van der Waals surface area contributed by atoms with Gasteiger partial charge >= 0.3 is 0 Å². The van der Waals surface area contributed by atoms with Crippen molar-refractivity contribution in [3.05, 3.63) is 24.5 Å². The molecule has 2 aliphatic rings. The maximum Gasteiger partial charge on any atom is 0.256 e. The average Bonchev–Trinajstić information content (AvgIpc) is 2.83. The Balaban J connectivity index is 1.97. The predicted octanol–water partition coefficient (Wildman–Crippen LogP) is 1.58. The lowest BCUT2D eigenvalue weighted by Crippen LogP contribution is -2.25. The Hall–Kier alpha value is -1.71. The van der Waals surface area contributed by atoms with E-state index in [4.69, 9.17) is 0 Å². The van der Waals surface area contributed by atoms with Crippen LogP contribution >= 0.6 is 0 Å². The van der Waals surface area contributed by atoms with Gasteiger partial charge in [-0.3, -0.25) is 9.78 Å². The number of nitrogens with zero attached hydrogens (tertiary/aromatic N) is 3. The van der Waals surface area contributed by atoms with E-state index in [0.29, 0.717) is 0 Å². The van der Waals surface area contributed by atoms with Gasteiger partial charge < -0.3 is 0 Å². The van der Waals surface area contributed by atoms with Crippen molar-refractivity contribution in [2.75, 3.05) is 5.01 Å². The minimum Gasteiger partial charge on any atom is -0.272 e. The molecule has 2 heterocycles. The highest BCUT2D eigenvalue weighted by Crippen LogP contribution is 2.32. The van der Waals surface area contributed by atoms with Crippen molar-refractivity contribution in [3.8, 4) is 0 Å². The number of hydrogen-bond donors (Lipinski definition) is 0. The minimum absolute atomic E-state index is 0.0539. The Kier molecular flexibility index (Phi) is 1.80. The highest BCUT2D eigenvalue weighted by atomic mass is 16.2. The molecule has 15 heavy (non-hydrogen) atoms. The van der Waals surface area contributed by atoms with Gasteiger partial charge in [0.25, 0.3) is 5.91 Å². The molecule has 0 spiro atoms. The van der Waals surface area contributed by atoms with Crippen LogP contribution in [0, 0.1) is 5.92 Å². The zero-order valence-electron chi connectivity index (χ0n) is 8.26. The zero-order valence-corrected chi connectivity index (χ0v) is 8.26. The van der Waals surface area contributed by atoms with E-state index in [-0.39, 0.29) is 11.8 Å². The molecule has 1 atom stereocenters. The average molecular weight is 201 g/mol. The smallest absolute Gasteiger partial charge is 0.256 e. The molecule has 4 heteroatoms. The quantitative estimate of drug-likeness (QED) is 0.692. The third-order valence-electron chi connectivity index (χ3n) is 2.97. The van der Waals surface area contributed by atoms with Gasteiger partial charge in [0.2, 0.25) is 0 Å². The van der Waals surface area contributed by atoms with Gasteiger partial charge in [0.05, 0.1) is 17.3 Å². The fourth-order valence-electron chi connectivity index (χ4n) is 2.21. The number of carbonyl (C=O) groups excluding carboxylic acids is 1. The molecule has 4 nitrogen and oxygen atoms in total. The Morgan fingerprint density at radius 2 is 2.13 bits per heavy atom. The number of fused-ring (bicyclic) bond motifs is 1. The van der Waals surface area contributed by atoms with Crippen LogP contribution < -0.4 is 5.01 Å². The number of hydrogen-bond acceptors (Lipinski definition) is 3. The molecule has 1 aromatic heterocycles. The van der Waals surface area contributed by atoms with Crippen LogP contribution in [0.3, 0.4) is 0 Å². The molecule has 1 amide bonds. The first-order chi connectivity index (χ1) is 7.36. The second kappa shape index (κ2) is 3.15. The first kappa shape index (κ1) is 8.59. The molecule has 0 saturated heterocycles. The summed E-state index contributed by atoms with van der Waals surface area (Å²) in [6.45, 7) is 0. The Morgan fingerprint density at radius 3 is 2.87 bits per heavy atom. The van der Waals surface area contributed by atoms with Crippen LogP contribution in [0.2, 0.25) is 0 Å². The molecule has 1 fully saturated rings. The Labute approximate surface area is 87.6 Å². The van der Waals surface area contributed by atoms with Crippen LogP contribution in [0.1, 0.15) is 19.3 Å². The van der Waals surface area contributed by atoms with E-state index in [0.717, 1.165) is 30.7 Å². The fraction of sp³-hybridized carbons (Fsp3) is 0.364. The van der Waals surface area contributed by atoms with E-state index in [9.17, 15) is 4.79 Å². The standard InChI is InChI=1S/C11H11N3O/c15-11-9-2-1-3-10(9)13-14(11)8-4-6-12-7-5-8/h4-7,9H,1-3H2. The van der Waals surface area contributed by atoms with Crippen molar-refractivity contribution in [3.63, 3.8) is 0 Å². The third kappa shape index (κ3) is 1.25. The molecule has 1 unspecified atom stereocenters. The summed E-state index contributed by atoms with van der Waals surface area (Å²) in [7, 11) is 0. The first-order valence-electron chi connectivity index (χ1n) is 5.17. The van der Waals surface area contributed by atoms with E-state index in [1.54, 1.807) is 12.4 Å². The summed E-state index contributed by atoms with van der Waals surface area (Å²) in [5, 5.41) is 5.89. The number of carbonyl (C=O) groups is 1. The topological polar surface area (TPSA) is 45.6 Å². The van der Waals surface area contributed by atoms with Crippen molar-refractivity contribution in [1.82, 2.24) is 4.98 Å². The van der Waals surface area contributed by atoms with E-state index < -0.39 is 0 Å². The predicted molar refractivity (Wildman–Crippen MR) is 56.5 cm³/mol. The van der Waals surface area contributed by atoms with Gasteiger partial charge in [0, 0.05) is 12.4 Å². The van der Waals surface area contributed by atoms with E-state index in [2.05, 4.69) is 10.1 Å². The molecular weight excluding hydrogens is 190 g/mol. The highest BCUT2D eigenvalue weighted by Gasteiger charge is 2.39. The minimum atomic E-state index is 0.0539. The first-order valence-corrected chi connectivity index (χ1v) is 5.17. The SMILES string of the molecule is O=C1C2CCCC2=NN1c1ccncc1. The lowest BCUT2D eigenvalue weighted by atomic mass is 10.1. The summed E-state index contributed by atoms with van der Waals surface area (Å²) in [6.07, 6.45) is 6.38. The summed E-state index contributed by atoms with van der Waals surface area (Å²) >= 11 is 0. The third-order valence-corrected chi connectivity index (χ3v) is 2.97. The maximum absolute atomic E-state index is 12.0. The molecule has 3 rings (SSSR count). The Morgan fingerprint density at radius 1 is 1.33 bits per heavy atom. The van der Waals surface area contributed by atoms with E-state index in [1.165, 1.54) is 5.01 Å². The fourth-order valence-corrected chi connectivity index (χ4v) is 2.21. The van der Waals surface area contributed by atoms with Crippen LogP contribution in [0.5, 0.6) is 0 Å². The number of hydrazone groups is 1. The summed E-state index contributed by atoms with van der Waals surface area (Å²) in [4.78, 5) is 15.9.